The Morgan fingerprint density at radius 2 is 2.06 bits per heavy atom. The Hall–Kier alpha value is -1.10. The maximum atomic E-state index is 14.2. The van der Waals surface area contributed by atoms with Crippen LogP contribution in [0.25, 0.3) is 0 Å². The van der Waals surface area contributed by atoms with E-state index in [9.17, 15) is 17.6 Å². The van der Waals surface area contributed by atoms with E-state index >= 15 is 0 Å². The van der Waals surface area contributed by atoms with Crippen molar-refractivity contribution in [1.29, 1.82) is 0 Å². The molecule has 1 aliphatic rings. The van der Waals surface area contributed by atoms with Gasteiger partial charge in [0.25, 0.3) is 0 Å². The second kappa shape index (κ2) is 5.26. The van der Waals surface area contributed by atoms with Crippen LogP contribution in [0.1, 0.15) is 30.1 Å². The molecule has 0 spiro atoms. The number of halogens is 4. The van der Waals surface area contributed by atoms with E-state index in [1.165, 1.54) is 12.1 Å². The molecule has 0 amide bonds. The predicted molar refractivity (Wildman–Crippen MR) is 60.9 cm³/mol. The van der Waals surface area contributed by atoms with Crippen LogP contribution in [-0.4, -0.2) is 13.1 Å². The molecule has 100 valence electrons. The lowest BCUT2D eigenvalue weighted by atomic mass is 9.90. The number of piperidine rings is 1. The summed E-state index contributed by atoms with van der Waals surface area (Å²) in [5, 5.41) is 3.07. The van der Waals surface area contributed by atoms with Crippen molar-refractivity contribution in [3.63, 3.8) is 0 Å². The van der Waals surface area contributed by atoms with Crippen LogP contribution in [0.3, 0.4) is 0 Å². The van der Waals surface area contributed by atoms with Crippen LogP contribution < -0.4 is 5.32 Å². The van der Waals surface area contributed by atoms with Gasteiger partial charge < -0.3 is 5.32 Å². The molecule has 18 heavy (non-hydrogen) atoms. The van der Waals surface area contributed by atoms with E-state index in [2.05, 4.69) is 5.32 Å². The summed E-state index contributed by atoms with van der Waals surface area (Å²) in [6, 6.07) is 4.57. The Morgan fingerprint density at radius 3 is 2.67 bits per heavy atom. The van der Waals surface area contributed by atoms with Gasteiger partial charge in [-0.2, -0.15) is 13.2 Å². The Labute approximate surface area is 103 Å². The average Bonchev–Trinajstić information content (AvgIpc) is 2.38. The van der Waals surface area contributed by atoms with Crippen LogP contribution >= 0.6 is 0 Å². The largest absolute Gasteiger partial charge is 0.416 e. The first kappa shape index (κ1) is 13.3. The third kappa shape index (κ3) is 3.02. The monoisotopic (exact) mass is 261 g/mol. The first-order valence-corrected chi connectivity index (χ1v) is 6.00. The standard InChI is InChI=1S/C13H15F4N/c14-12(10-4-2-6-18-8-10)9-3-1-5-11(7-9)13(15,16)17/h1,3,5,7,10,12,18H,2,4,6,8H2. The van der Waals surface area contributed by atoms with Crippen molar-refractivity contribution in [2.45, 2.75) is 25.2 Å². The SMILES string of the molecule is FC(c1cccc(C(F)(F)F)c1)C1CCCNC1. The minimum Gasteiger partial charge on any atom is -0.316 e. The second-order valence-electron chi connectivity index (χ2n) is 4.63. The molecular weight excluding hydrogens is 246 g/mol. The molecule has 1 aromatic rings. The van der Waals surface area contributed by atoms with Gasteiger partial charge in [0.05, 0.1) is 5.56 Å². The zero-order valence-electron chi connectivity index (χ0n) is 9.80. The predicted octanol–water partition coefficient (Wildman–Crippen LogP) is 3.72. The molecule has 0 aromatic heterocycles. The number of hydrogen-bond donors (Lipinski definition) is 1. The molecule has 0 bridgehead atoms. The summed E-state index contributed by atoms with van der Waals surface area (Å²) in [4.78, 5) is 0. The van der Waals surface area contributed by atoms with E-state index in [4.69, 9.17) is 0 Å². The molecule has 1 nitrogen and oxygen atoms in total. The molecule has 1 N–H and O–H groups in total. The summed E-state index contributed by atoms with van der Waals surface area (Å²) in [6.45, 7) is 1.38. The van der Waals surface area contributed by atoms with Gasteiger partial charge in [-0.25, -0.2) is 4.39 Å². The highest BCUT2D eigenvalue weighted by atomic mass is 19.4. The van der Waals surface area contributed by atoms with Crippen molar-refractivity contribution in [1.82, 2.24) is 5.32 Å². The normalized spacial score (nSPS) is 22.8. The molecule has 1 heterocycles. The summed E-state index contributed by atoms with van der Waals surface area (Å²) in [6.07, 6.45) is -4.17. The number of nitrogens with one attached hydrogen (secondary N) is 1. The molecule has 1 fully saturated rings. The van der Waals surface area contributed by atoms with Gasteiger partial charge in [-0.3, -0.25) is 0 Å². The molecule has 2 atom stereocenters. The van der Waals surface area contributed by atoms with Crippen LogP contribution in [0.2, 0.25) is 0 Å². The molecule has 0 saturated carbocycles. The van der Waals surface area contributed by atoms with Gasteiger partial charge in [-0.05, 0) is 37.1 Å². The Kier molecular flexibility index (Phi) is 3.90. The van der Waals surface area contributed by atoms with Crippen molar-refractivity contribution < 1.29 is 17.6 Å². The Balaban J connectivity index is 2.17. The number of rotatable bonds is 2. The minimum absolute atomic E-state index is 0.124. The van der Waals surface area contributed by atoms with E-state index in [-0.39, 0.29) is 11.5 Å². The molecular formula is C13H15F4N. The van der Waals surface area contributed by atoms with Crippen LogP contribution in [-0.2, 0) is 6.18 Å². The van der Waals surface area contributed by atoms with Crippen LogP contribution in [0.4, 0.5) is 17.6 Å². The first-order valence-electron chi connectivity index (χ1n) is 6.00. The van der Waals surface area contributed by atoms with Crippen molar-refractivity contribution in [3.05, 3.63) is 35.4 Å². The fourth-order valence-corrected chi connectivity index (χ4v) is 2.29. The second-order valence-corrected chi connectivity index (χ2v) is 4.63. The lowest BCUT2D eigenvalue weighted by molar-refractivity contribution is -0.137. The molecule has 2 unspecified atom stereocenters. The highest BCUT2D eigenvalue weighted by molar-refractivity contribution is 5.27. The van der Waals surface area contributed by atoms with Gasteiger partial charge in [0.1, 0.15) is 6.17 Å². The quantitative estimate of drug-likeness (QED) is 0.800. The summed E-state index contributed by atoms with van der Waals surface area (Å²) in [5.74, 6) is -0.234. The van der Waals surface area contributed by atoms with E-state index < -0.39 is 17.9 Å². The van der Waals surface area contributed by atoms with E-state index in [0.29, 0.717) is 13.0 Å². The molecule has 1 aromatic carbocycles. The number of benzene rings is 1. The zero-order valence-corrected chi connectivity index (χ0v) is 9.80. The average molecular weight is 261 g/mol. The van der Waals surface area contributed by atoms with Crippen LogP contribution in [0.5, 0.6) is 0 Å². The van der Waals surface area contributed by atoms with Gasteiger partial charge in [0, 0.05) is 12.5 Å². The summed E-state index contributed by atoms with van der Waals surface area (Å²) in [5.41, 5.74) is -0.662. The van der Waals surface area contributed by atoms with E-state index in [1.807, 2.05) is 0 Å². The lowest BCUT2D eigenvalue weighted by Crippen LogP contribution is -2.32. The maximum absolute atomic E-state index is 14.2. The van der Waals surface area contributed by atoms with Gasteiger partial charge in [0.15, 0.2) is 0 Å². The maximum Gasteiger partial charge on any atom is 0.416 e. The molecule has 5 heteroatoms. The van der Waals surface area contributed by atoms with Gasteiger partial charge >= 0.3 is 6.18 Å². The molecule has 0 radical (unpaired) electrons. The highest BCUT2D eigenvalue weighted by Gasteiger charge is 2.32. The Bertz CT molecular complexity index is 396. The van der Waals surface area contributed by atoms with Crippen molar-refractivity contribution in [2.24, 2.45) is 5.92 Å². The van der Waals surface area contributed by atoms with Crippen molar-refractivity contribution in [3.8, 4) is 0 Å². The first-order chi connectivity index (χ1) is 8.48. The van der Waals surface area contributed by atoms with E-state index in [1.54, 1.807) is 0 Å². The van der Waals surface area contributed by atoms with Crippen LogP contribution in [0, 0.1) is 5.92 Å². The smallest absolute Gasteiger partial charge is 0.316 e. The summed E-state index contributed by atoms with van der Waals surface area (Å²) < 4.78 is 51.8. The zero-order chi connectivity index (χ0) is 13.2. The Morgan fingerprint density at radius 1 is 1.28 bits per heavy atom. The number of alkyl halides is 4. The molecule has 0 aliphatic carbocycles. The van der Waals surface area contributed by atoms with E-state index in [0.717, 1.165) is 25.1 Å². The lowest BCUT2D eigenvalue weighted by Gasteiger charge is -2.26. The molecule has 2 rings (SSSR count). The van der Waals surface area contributed by atoms with Gasteiger partial charge in [-0.1, -0.05) is 12.1 Å². The van der Waals surface area contributed by atoms with Crippen LogP contribution in [0.15, 0.2) is 24.3 Å². The molecule has 1 aliphatic heterocycles. The summed E-state index contributed by atoms with van der Waals surface area (Å²) in [7, 11) is 0. The molecule has 1 saturated heterocycles. The summed E-state index contributed by atoms with van der Waals surface area (Å²) >= 11 is 0. The van der Waals surface area contributed by atoms with Crippen molar-refractivity contribution >= 4 is 0 Å². The van der Waals surface area contributed by atoms with Crippen molar-refractivity contribution in [2.75, 3.05) is 13.1 Å². The fourth-order valence-electron chi connectivity index (χ4n) is 2.29. The number of hydrogen-bond acceptors (Lipinski definition) is 1. The topological polar surface area (TPSA) is 12.0 Å². The van der Waals surface area contributed by atoms with Gasteiger partial charge in [-0.15, -0.1) is 0 Å². The highest BCUT2D eigenvalue weighted by Crippen LogP contribution is 2.35. The fraction of sp³-hybridized carbons (Fsp3) is 0.538. The van der Waals surface area contributed by atoms with Gasteiger partial charge in [0.2, 0.25) is 0 Å². The third-order valence-electron chi connectivity index (χ3n) is 3.28. The third-order valence-corrected chi connectivity index (χ3v) is 3.28. The minimum atomic E-state index is -4.42.